The smallest absolute Gasteiger partial charge is 0.345 e. The molecule has 2 heterocycles. The average Bonchev–Trinajstić information content (AvgIpc) is 2.67. The van der Waals surface area contributed by atoms with Crippen molar-refractivity contribution in [2.75, 3.05) is 0 Å². The summed E-state index contributed by atoms with van der Waals surface area (Å²) >= 11 is 0. The van der Waals surface area contributed by atoms with Crippen LogP contribution in [0, 0.1) is 31.1 Å². The van der Waals surface area contributed by atoms with Crippen LogP contribution in [0.1, 0.15) is 57.1 Å². The quantitative estimate of drug-likeness (QED) is 0.414. The lowest BCUT2D eigenvalue weighted by atomic mass is 9.45. The highest BCUT2D eigenvalue weighted by Gasteiger charge is 2.79. The Morgan fingerprint density at radius 1 is 1.03 bits per heavy atom. The van der Waals surface area contributed by atoms with Gasteiger partial charge < -0.3 is 29.6 Å². The maximum absolute atomic E-state index is 13.3. The minimum absolute atomic E-state index is 0.0129. The van der Waals surface area contributed by atoms with Gasteiger partial charge in [0.05, 0.1) is 11.5 Å². The second-order valence-corrected chi connectivity index (χ2v) is 10.0. The molecule has 2 saturated carbocycles. The van der Waals surface area contributed by atoms with Crippen molar-refractivity contribution in [3.05, 3.63) is 27.3 Å². The van der Waals surface area contributed by atoms with Crippen molar-refractivity contribution in [3.8, 4) is 5.75 Å². The van der Waals surface area contributed by atoms with Crippen LogP contribution in [0.2, 0.25) is 0 Å². The van der Waals surface area contributed by atoms with Gasteiger partial charge in [-0.15, -0.1) is 0 Å². The third-order valence-corrected chi connectivity index (χ3v) is 8.13. The summed E-state index contributed by atoms with van der Waals surface area (Å²) in [7, 11) is 0. The summed E-state index contributed by atoms with van der Waals surface area (Å²) in [6.45, 7) is 8.72. The molecule has 31 heavy (non-hydrogen) atoms. The monoisotopic (exact) mass is 436 g/mol. The van der Waals surface area contributed by atoms with E-state index in [0.717, 1.165) is 0 Å². The highest BCUT2D eigenvalue weighted by Crippen LogP contribution is 2.61. The summed E-state index contributed by atoms with van der Waals surface area (Å²) in [6.07, 6.45) is -4.14. The van der Waals surface area contributed by atoms with E-state index in [-0.39, 0.29) is 17.1 Å². The molecule has 0 amide bonds. The number of fused-ring (bicyclic) bond motifs is 3. The Hall–Kier alpha value is -2.07. The summed E-state index contributed by atoms with van der Waals surface area (Å²) in [5.74, 6) is -3.58. The highest BCUT2D eigenvalue weighted by atomic mass is 16.5. The van der Waals surface area contributed by atoms with Crippen LogP contribution in [-0.2, 0) is 9.59 Å². The molecule has 0 unspecified atom stereocenters. The largest absolute Gasteiger partial charge is 0.483 e. The van der Waals surface area contributed by atoms with Gasteiger partial charge in [0.2, 0.25) is 0 Å². The van der Waals surface area contributed by atoms with Gasteiger partial charge in [0.25, 0.3) is 0 Å². The SMILES string of the molecule is Cc1oc(=O)c2c(c1C)O[C@@]1(C)[C@@H]([C@@H](C)[C@]3(O)CC(=O)C(C)(C)C(=O)[C@@]3(O)[C@H]1O)[C@H]2O. The average molecular weight is 436 g/mol. The van der Waals surface area contributed by atoms with Crippen molar-refractivity contribution in [2.45, 2.75) is 77.0 Å². The fourth-order valence-corrected chi connectivity index (χ4v) is 5.88. The predicted molar refractivity (Wildman–Crippen MR) is 105 cm³/mol. The number of carbonyl (C=O) groups excluding carboxylic acids is 2. The first-order valence-electron chi connectivity index (χ1n) is 10.3. The summed E-state index contributed by atoms with van der Waals surface area (Å²) in [4.78, 5) is 38.6. The Kier molecular flexibility index (Phi) is 4.31. The van der Waals surface area contributed by atoms with E-state index in [2.05, 4.69) is 0 Å². The Morgan fingerprint density at radius 3 is 2.19 bits per heavy atom. The first-order chi connectivity index (χ1) is 14.1. The molecule has 0 bridgehead atoms. The molecule has 1 aliphatic heterocycles. The van der Waals surface area contributed by atoms with Crippen LogP contribution < -0.4 is 10.4 Å². The van der Waals surface area contributed by atoms with Gasteiger partial charge in [-0.1, -0.05) is 6.92 Å². The van der Waals surface area contributed by atoms with Gasteiger partial charge in [0.1, 0.15) is 40.2 Å². The summed E-state index contributed by atoms with van der Waals surface area (Å²) < 4.78 is 11.3. The maximum atomic E-state index is 13.3. The lowest BCUT2D eigenvalue weighted by Gasteiger charge is -2.65. The summed E-state index contributed by atoms with van der Waals surface area (Å²) in [6, 6.07) is 0. The molecule has 3 aliphatic rings. The zero-order valence-electron chi connectivity index (χ0n) is 18.3. The second kappa shape index (κ2) is 6.04. The zero-order valence-corrected chi connectivity index (χ0v) is 18.3. The first kappa shape index (κ1) is 22.1. The van der Waals surface area contributed by atoms with Gasteiger partial charge in [-0.3, -0.25) is 9.59 Å². The van der Waals surface area contributed by atoms with E-state index in [1.54, 1.807) is 13.8 Å². The van der Waals surface area contributed by atoms with Gasteiger partial charge in [0, 0.05) is 17.9 Å². The molecule has 170 valence electrons. The number of hydrogen-bond donors (Lipinski definition) is 4. The molecule has 7 atom stereocenters. The Labute approximate surface area is 178 Å². The molecule has 9 heteroatoms. The number of rotatable bonds is 0. The van der Waals surface area contributed by atoms with Crippen LogP contribution in [0.3, 0.4) is 0 Å². The van der Waals surface area contributed by atoms with Crippen LogP contribution in [0.4, 0.5) is 0 Å². The van der Waals surface area contributed by atoms with Crippen LogP contribution >= 0.6 is 0 Å². The fourth-order valence-electron chi connectivity index (χ4n) is 5.88. The lowest BCUT2D eigenvalue weighted by molar-refractivity contribution is -0.315. The van der Waals surface area contributed by atoms with E-state index in [4.69, 9.17) is 9.15 Å². The minimum atomic E-state index is -2.73. The maximum Gasteiger partial charge on any atom is 0.345 e. The van der Waals surface area contributed by atoms with Crippen molar-refractivity contribution < 1.29 is 39.2 Å². The zero-order chi connectivity index (χ0) is 23.5. The number of aliphatic hydroxyl groups excluding tert-OH is 2. The van der Waals surface area contributed by atoms with E-state index in [1.165, 1.54) is 27.7 Å². The summed E-state index contributed by atoms with van der Waals surface area (Å²) in [5.41, 5.74) is -9.05. The molecular formula is C22H28O9. The predicted octanol–water partition coefficient (Wildman–Crippen LogP) is 0.0982. The molecule has 0 saturated heterocycles. The summed E-state index contributed by atoms with van der Waals surface area (Å²) in [5, 5.41) is 45.7. The Bertz CT molecular complexity index is 1070. The molecule has 1 aromatic rings. The number of hydrogen-bond acceptors (Lipinski definition) is 9. The van der Waals surface area contributed by atoms with E-state index in [0.29, 0.717) is 5.56 Å². The van der Waals surface area contributed by atoms with Crippen molar-refractivity contribution in [1.29, 1.82) is 0 Å². The molecule has 4 N–H and O–H groups in total. The van der Waals surface area contributed by atoms with Gasteiger partial charge in [-0.25, -0.2) is 4.79 Å². The van der Waals surface area contributed by atoms with Crippen LogP contribution in [0.25, 0.3) is 0 Å². The van der Waals surface area contributed by atoms with Crippen LogP contribution in [-0.4, -0.2) is 54.9 Å². The van der Waals surface area contributed by atoms with Crippen molar-refractivity contribution in [3.63, 3.8) is 0 Å². The molecule has 1 aromatic heterocycles. The third-order valence-electron chi connectivity index (χ3n) is 8.13. The van der Waals surface area contributed by atoms with Crippen molar-refractivity contribution in [1.82, 2.24) is 0 Å². The molecule has 0 radical (unpaired) electrons. The van der Waals surface area contributed by atoms with Crippen LogP contribution in [0.15, 0.2) is 9.21 Å². The van der Waals surface area contributed by atoms with E-state index < -0.39 is 69.9 Å². The van der Waals surface area contributed by atoms with Gasteiger partial charge >= 0.3 is 5.63 Å². The molecule has 4 rings (SSSR count). The normalized spacial score (nSPS) is 43.5. The minimum Gasteiger partial charge on any atom is -0.483 e. The molecule has 2 aliphatic carbocycles. The number of ether oxygens (including phenoxy) is 1. The second-order valence-electron chi connectivity index (χ2n) is 10.0. The Morgan fingerprint density at radius 2 is 1.61 bits per heavy atom. The number of aryl methyl sites for hydroxylation is 1. The van der Waals surface area contributed by atoms with Crippen LogP contribution in [0.5, 0.6) is 5.75 Å². The number of carbonyl (C=O) groups is 2. The molecule has 0 spiro atoms. The standard InChI is InChI=1S/C22H28O9/c1-8-10(3)30-16(25)12-14(24)13-9(2)21(28)7-11(23)19(4,5)17(26)22(21,29)18(27)20(13,6)31-15(8)12/h9,13-14,18,24,27-29H,7H2,1-6H3/t9-,13+,14+,18+,20+,21-,22-/m1/s1. The molecular weight excluding hydrogens is 408 g/mol. The first-order valence-corrected chi connectivity index (χ1v) is 10.3. The van der Waals surface area contributed by atoms with Gasteiger partial charge in [-0.05, 0) is 40.5 Å². The van der Waals surface area contributed by atoms with Gasteiger partial charge in [-0.2, -0.15) is 0 Å². The van der Waals surface area contributed by atoms with E-state index in [9.17, 15) is 34.8 Å². The van der Waals surface area contributed by atoms with Gasteiger partial charge in [0.15, 0.2) is 11.4 Å². The number of ketones is 2. The van der Waals surface area contributed by atoms with E-state index >= 15 is 0 Å². The molecule has 9 nitrogen and oxygen atoms in total. The lowest BCUT2D eigenvalue weighted by Crippen LogP contribution is -2.85. The van der Waals surface area contributed by atoms with E-state index in [1.807, 2.05) is 0 Å². The fraction of sp³-hybridized carbons (Fsp3) is 0.682. The number of aliphatic hydroxyl groups is 4. The van der Waals surface area contributed by atoms with Crippen molar-refractivity contribution in [2.24, 2.45) is 17.3 Å². The number of Topliss-reactive ketones (excluding diaryl/α,β-unsaturated/α-hetero) is 2. The highest BCUT2D eigenvalue weighted by molar-refractivity contribution is 6.13. The molecule has 2 fully saturated rings. The topological polar surface area (TPSA) is 154 Å². The molecule has 0 aromatic carbocycles. The van der Waals surface area contributed by atoms with Crippen molar-refractivity contribution >= 4 is 11.6 Å². The Balaban J connectivity index is 2.00. The third kappa shape index (κ3) is 2.27.